The zero-order chi connectivity index (χ0) is 14.7. The van der Waals surface area contributed by atoms with Gasteiger partial charge in [0.1, 0.15) is 5.82 Å². The third-order valence-corrected chi connectivity index (χ3v) is 4.25. The van der Waals surface area contributed by atoms with E-state index in [-0.39, 0.29) is 12.5 Å². The minimum atomic E-state index is -0.828. The first-order valence-corrected chi connectivity index (χ1v) is 7.47. The first-order valence-electron chi connectivity index (χ1n) is 6.32. The first kappa shape index (κ1) is 14.6. The summed E-state index contributed by atoms with van der Waals surface area (Å²) in [6, 6.07) is 3.16. The Morgan fingerprint density at radius 2 is 2.30 bits per heavy atom. The van der Waals surface area contributed by atoms with Crippen LogP contribution in [0.1, 0.15) is 22.5 Å². The van der Waals surface area contributed by atoms with Gasteiger partial charge >= 0.3 is 5.97 Å². The molecule has 0 aliphatic carbocycles. The van der Waals surface area contributed by atoms with E-state index in [0.717, 1.165) is 18.1 Å². The minimum absolute atomic E-state index is 0.0640. The van der Waals surface area contributed by atoms with Crippen LogP contribution >= 0.6 is 11.8 Å². The van der Waals surface area contributed by atoms with Crippen LogP contribution in [0.3, 0.4) is 0 Å². The average molecular weight is 295 g/mol. The number of carboxylic acid groups (broad SMARTS) is 1. The zero-order valence-corrected chi connectivity index (χ0v) is 12.0. The predicted molar refractivity (Wildman–Crippen MR) is 78.2 cm³/mol. The second kappa shape index (κ2) is 6.13. The summed E-state index contributed by atoms with van der Waals surface area (Å²) in [5.74, 6) is 0.958. The van der Waals surface area contributed by atoms with Crippen LogP contribution in [0, 0.1) is 6.92 Å². The number of carbonyl (C=O) groups excluding carboxylic acids is 1. The maximum Gasteiger partial charge on any atom is 0.305 e. The van der Waals surface area contributed by atoms with Gasteiger partial charge in [0.05, 0.1) is 6.42 Å². The highest BCUT2D eigenvalue weighted by atomic mass is 32.2. The lowest BCUT2D eigenvalue weighted by Gasteiger charge is -2.35. The van der Waals surface area contributed by atoms with E-state index in [0.29, 0.717) is 17.1 Å². The van der Waals surface area contributed by atoms with E-state index in [4.69, 9.17) is 10.8 Å². The number of hydrogen-bond donors (Lipinski definition) is 2. The number of carbonyl (C=O) groups is 2. The molecule has 0 bridgehead atoms. The fourth-order valence-electron chi connectivity index (χ4n) is 2.27. The summed E-state index contributed by atoms with van der Waals surface area (Å²) < 4.78 is 0. The standard InChI is InChI=1S/C13H17N3O3S/c1-8-4-9(13(14)19)5-11(15-8)16-2-3-20-7-10(16)6-12(17)18/h4-5,10H,2-3,6-7H2,1H3,(H2,14,19)(H,17,18). The molecule has 1 atom stereocenters. The maximum atomic E-state index is 11.3. The Kier molecular flexibility index (Phi) is 4.49. The Hall–Kier alpha value is -1.76. The summed E-state index contributed by atoms with van der Waals surface area (Å²) in [6.07, 6.45) is 0.0640. The van der Waals surface area contributed by atoms with E-state index in [1.54, 1.807) is 30.8 Å². The van der Waals surface area contributed by atoms with Gasteiger partial charge in [-0.2, -0.15) is 11.8 Å². The number of carboxylic acids is 1. The number of aryl methyl sites for hydroxylation is 1. The third kappa shape index (κ3) is 3.41. The number of pyridine rings is 1. The quantitative estimate of drug-likeness (QED) is 0.856. The molecule has 2 rings (SSSR count). The second-order valence-electron chi connectivity index (χ2n) is 4.74. The Balaban J connectivity index is 2.31. The van der Waals surface area contributed by atoms with Crippen LogP contribution < -0.4 is 10.6 Å². The van der Waals surface area contributed by atoms with E-state index in [2.05, 4.69) is 4.98 Å². The Bertz CT molecular complexity index is 536. The number of hydrogen-bond acceptors (Lipinski definition) is 5. The van der Waals surface area contributed by atoms with Crippen molar-refractivity contribution in [1.82, 2.24) is 4.98 Å². The van der Waals surface area contributed by atoms with Gasteiger partial charge in [-0.15, -0.1) is 0 Å². The summed E-state index contributed by atoms with van der Waals surface area (Å²) in [4.78, 5) is 28.7. The number of amides is 1. The van der Waals surface area contributed by atoms with Crippen molar-refractivity contribution in [3.63, 3.8) is 0 Å². The topological polar surface area (TPSA) is 96.5 Å². The van der Waals surface area contributed by atoms with Crippen molar-refractivity contribution >= 4 is 29.5 Å². The number of primary amides is 1. The number of nitrogens with zero attached hydrogens (tertiary/aromatic N) is 2. The smallest absolute Gasteiger partial charge is 0.305 e. The molecule has 1 aliphatic heterocycles. The van der Waals surface area contributed by atoms with Gasteiger partial charge in [0.25, 0.3) is 0 Å². The average Bonchev–Trinajstić information content (AvgIpc) is 2.37. The molecule has 1 amide bonds. The fraction of sp³-hybridized carbons (Fsp3) is 0.462. The molecule has 108 valence electrons. The molecule has 0 radical (unpaired) electrons. The number of anilines is 1. The van der Waals surface area contributed by atoms with Crippen LogP contribution in [-0.4, -0.2) is 46.1 Å². The molecule has 3 N–H and O–H groups in total. The van der Waals surface area contributed by atoms with Crippen molar-refractivity contribution < 1.29 is 14.7 Å². The molecular formula is C13H17N3O3S. The van der Waals surface area contributed by atoms with Crippen LogP contribution in [0.15, 0.2) is 12.1 Å². The van der Waals surface area contributed by atoms with E-state index in [9.17, 15) is 9.59 Å². The van der Waals surface area contributed by atoms with Crippen molar-refractivity contribution in [3.05, 3.63) is 23.4 Å². The van der Waals surface area contributed by atoms with Gasteiger partial charge in [-0.05, 0) is 19.1 Å². The molecule has 1 unspecified atom stereocenters. The normalized spacial score (nSPS) is 18.9. The van der Waals surface area contributed by atoms with Gasteiger partial charge in [-0.3, -0.25) is 9.59 Å². The number of thioether (sulfide) groups is 1. The van der Waals surface area contributed by atoms with Crippen LogP contribution in [0.2, 0.25) is 0 Å². The van der Waals surface area contributed by atoms with Gasteiger partial charge in [0.2, 0.25) is 5.91 Å². The van der Waals surface area contributed by atoms with E-state index < -0.39 is 11.9 Å². The van der Waals surface area contributed by atoms with Crippen molar-refractivity contribution in [2.24, 2.45) is 5.73 Å². The van der Waals surface area contributed by atoms with Crippen molar-refractivity contribution in [3.8, 4) is 0 Å². The third-order valence-electron chi connectivity index (χ3n) is 3.16. The summed E-state index contributed by atoms with van der Waals surface area (Å²) >= 11 is 1.73. The molecule has 1 aliphatic rings. The lowest BCUT2D eigenvalue weighted by atomic mass is 10.1. The SMILES string of the molecule is Cc1cc(C(N)=O)cc(N2CCSCC2CC(=O)O)n1. The second-order valence-corrected chi connectivity index (χ2v) is 5.89. The molecule has 0 spiro atoms. The van der Waals surface area contributed by atoms with E-state index in [1.165, 1.54) is 0 Å². The highest BCUT2D eigenvalue weighted by Crippen LogP contribution is 2.25. The fourth-order valence-corrected chi connectivity index (χ4v) is 3.33. The minimum Gasteiger partial charge on any atom is -0.481 e. The largest absolute Gasteiger partial charge is 0.481 e. The molecule has 7 heteroatoms. The molecule has 1 aromatic heterocycles. The number of aliphatic carboxylic acids is 1. The number of aromatic nitrogens is 1. The number of nitrogens with two attached hydrogens (primary N) is 1. The molecule has 20 heavy (non-hydrogen) atoms. The van der Waals surface area contributed by atoms with Crippen molar-refractivity contribution in [2.45, 2.75) is 19.4 Å². The first-order chi connectivity index (χ1) is 9.47. The molecule has 1 fully saturated rings. The van der Waals surface area contributed by atoms with Crippen molar-refractivity contribution in [1.29, 1.82) is 0 Å². The maximum absolute atomic E-state index is 11.3. The van der Waals surface area contributed by atoms with Gasteiger partial charge in [0.15, 0.2) is 0 Å². The van der Waals surface area contributed by atoms with Crippen LogP contribution in [0.25, 0.3) is 0 Å². The molecule has 1 aromatic rings. The van der Waals surface area contributed by atoms with Gasteiger partial charge in [0, 0.05) is 35.3 Å². The molecule has 2 heterocycles. The van der Waals surface area contributed by atoms with Crippen LogP contribution in [0.4, 0.5) is 5.82 Å². The Morgan fingerprint density at radius 3 is 2.95 bits per heavy atom. The molecule has 0 aromatic carbocycles. The van der Waals surface area contributed by atoms with Gasteiger partial charge < -0.3 is 15.7 Å². The number of rotatable bonds is 4. The Labute approximate surface area is 121 Å². The Morgan fingerprint density at radius 1 is 1.55 bits per heavy atom. The summed E-state index contributed by atoms with van der Waals surface area (Å²) in [5, 5.41) is 9.00. The molecule has 1 saturated heterocycles. The lowest BCUT2D eigenvalue weighted by molar-refractivity contribution is -0.137. The van der Waals surface area contributed by atoms with Gasteiger partial charge in [-0.25, -0.2) is 4.98 Å². The van der Waals surface area contributed by atoms with E-state index >= 15 is 0 Å². The molecular weight excluding hydrogens is 278 g/mol. The molecule has 6 nitrogen and oxygen atoms in total. The van der Waals surface area contributed by atoms with Crippen LogP contribution in [-0.2, 0) is 4.79 Å². The summed E-state index contributed by atoms with van der Waals surface area (Å²) in [6.45, 7) is 2.51. The predicted octanol–water partition coefficient (Wildman–Crippen LogP) is 0.885. The monoisotopic (exact) mass is 295 g/mol. The molecule has 0 saturated carbocycles. The summed E-state index contributed by atoms with van der Waals surface area (Å²) in [7, 11) is 0. The highest BCUT2D eigenvalue weighted by Gasteiger charge is 2.26. The van der Waals surface area contributed by atoms with Crippen molar-refractivity contribution in [2.75, 3.05) is 23.0 Å². The summed E-state index contributed by atoms with van der Waals surface area (Å²) in [5.41, 5.74) is 6.41. The zero-order valence-electron chi connectivity index (χ0n) is 11.2. The van der Waals surface area contributed by atoms with E-state index in [1.807, 2.05) is 4.90 Å². The lowest BCUT2D eigenvalue weighted by Crippen LogP contribution is -2.44. The van der Waals surface area contributed by atoms with Gasteiger partial charge in [-0.1, -0.05) is 0 Å². The highest BCUT2D eigenvalue weighted by molar-refractivity contribution is 7.99. The van der Waals surface area contributed by atoms with Crippen LogP contribution in [0.5, 0.6) is 0 Å².